The summed E-state index contributed by atoms with van der Waals surface area (Å²) in [6.07, 6.45) is -2.55. The molecule has 0 spiro atoms. The largest absolute Gasteiger partial charge is 0.492 e. The third kappa shape index (κ3) is 8.09. The van der Waals surface area contributed by atoms with E-state index in [1.54, 1.807) is 7.05 Å². The molecule has 234 valence electrons. The zero-order valence-corrected chi connectivity index (χ0v) is 24.1. The maximum atomic E-state index is 12.7. The van der Waals surface area contributed by atoms with Crippen molar-refractivity contribution in [3.63, 3.8) is 0 Å². The van der Waals surface area contributed by atoms with Gasteiger partial charge in [-0.3, -0.25) is 0 Å². The molecule has 3 aliphatic rings. The van der Waals surface area contributed by atoms with Gasteiger partial charge < -0.3 is 63.1 Å². The monoisotopic (exact) mass is 595 g/mol. The van der Waals surface area contributed by atoms with Crippen molar-refractivity contribution in [1.29, 1.82) is 0 Å². The molecule has 14 N–H and O–H groups in total. The molecule has 1 saturated carbocycles. The minimum atomic E-state index is -3.84. The Hall–Kier alpha value is -0.990. The van der Waals surface area contributed by atoms with Crippen molar-refractivity contribution in [2.24, 2.45) is 28.9 Å². The van der Waals surface area contributed by atoms with Crippen LogP contribution in [0, 0.1) is 5.92 Å². The van der Waals surface area contributed by atoms with Crippen LogP contribution in [-0.4, -0.2) is 130 Å². The molecule has 0 radical (unpaired) electrons. The van der Waals surface area contributed by atoms with Gasteiger partial charge in [0.15, 0.2) is 6.29 Å². The number of nitrogens with two attached hydrogens (primary N) is 4. The summed E-state index contributed by atoms with van der Waals surface area (Å²) in [5.74, 6) is -0.399. The first-order valence-electron chi connectivity index (χ1n) is 13.9. The molecule has 2 heterocycles. The summed E-state index contributed by atoms with van der Waals surface area (Å²) in [6.45, 7) is 2.97. The number of nitrogens with one attached hydrogen (secondary N) is 3. The molecule has 0 amide bonds. The smallest absolute Gasteiger partial charge is 0.213 e. The quantitative estimate of drug-likeness (QED) is 0.0898. The van der Waals surface area contributed by atoms with Gasteiger partial charge >= 0.3 is 0 Å². The zero-order valence-electron chi connectivity index (χ0n) is 23.3. The van der Waals surface area contributed by atoms with E-state index in [4.69, 9.17) is 37.1 Å². The lowest BCUT2D eigenvalue weighted by atomic mass is 9.73. The molecule has 11 atom stereocenters. The van der Waals surface area contributed by atoms with Crippen molar-refractivity contribution in [3.8, 4) is 0 Å². The van der Waals surface area contributed by atoms with Crippen molar-refractivity contribution >= 4 is 10.0 Å². The highest BCUT2D eigenvalue weighted by atomic mass is 32.2. The van der Waals surface area contributed by atoms with E-state index in [0.29, 0.717) is 31.8 Å². The fourth-order valence-electron chi connectivity index (χ4n) is 5.82. The number of sulfonamides is 1. The average Bonchev–Trinajstić information content (AvgIpc) is 2.86. The molecule has 1 unspecified atom stereocenters. The predicted molar refractivity (Wildman–Crippen MR) is 148 cm³/mol. The van der Waals surface area contributed by atoms with Crippen molar-refractivity contribution in [2.45, 2.75) is 86.7 Å². The number of hydrogen-bond acceptors (Lipinski definition) is 14. The molecule has 2 aliphatic heterocycles. The van der Waals surface area contributed by atoms with Crippen LogP contribution in [0.3, 0.4) is 0 Å². The topological polar surface area (TPSA) is 263 Å². The Balaban J connectivity index is 1.84. The van der Waals surface area contributed by atoms with Crippen molar-refractivity contribution in [1.82, 2.24) is 15.4 Å². The minimum absolute atomic E-state index is 0.0898. The molecule has 0 bridgehead atoms. The van der Waals surface area contributed by atoms with Crippen LogP contribution in [0.1, 0.15) is 26.2 Å². The fraction of sp³-hybridized carbons (Fsp3) is 0.917. The molecule has 1 aliphatic carbocycles. The maximum absolute atomic E-state index is 12.7. The molecule has 16 heteroatoms. The van der Waals surface area contributed by atoms with E-state index in [1.165, 1.54) is 6.92 Å². The molecule has 1 saturated heterocycles. The number of aliphatic hydroxyl groups is 3. The zero-order chi connectivity index (χ0) is 29.7. The van der Waals surface area contributed by atoms with Gasteiger partial charge in [-0.25, -0.2) is 13.1 Å². The van der Waals surface area contributed by atoms with Crippen LogP contribution in [-0.2, 0) is 24.2 Å². The summed E-state index contributed by atoms with van der Waals surface area (Å²) >= 11 is 0. The average molecular weight is 596 g/mol. The fourth-order valence-corrected chi connectivity index (χ4v) is 6.94. The Labute approximate surface area is 236 Å². The number of hydrogen-bond donors (Lipinski definition) is 10. The van der Waals surface area contributed by atoms with Gasteiger partial charge in [-0.05, 0) is 52.4 Å². The van der Waals surface area contributed by atoms with E-state index in [1.807, 2.05) is 6.08 Å². The van der Waals surface area contributed by atoms with Crippen LogP contribution < -0.4 is 38.3 Å². The minimum Gasteiger partial charge on any atom is -0.492 e. The molecular formula is C24H49N7O8S. The van der Waals surface area contributed by atoms with Crippen molar-refractivity contribution in [3.05, 3.63) is 11.8 Å². The maximum Gasteiger partial charge on any atom is 0.213 e. The molecule has 15 nitrogen and oxygen atoms in total. The Kier molecular flexibility index (Phi) is 12.1. The predicted octanol–water partition coefficient (Wildman–Crippen LogP) is -4.68. The van der Waals surface area contributed by atoms with Crippen LogP contribution in [0.2, 0.25) is 0 Å². The normalized spacial score (nSPS) is 40.9. The highest BCUT2D eigenvalue weighted by Gasteiger charge is 2.53. The second-order valence-electron chi connectivity index (χ2n) is 11.2. The number of aliphatic hydroxyl groups excluding tert-OH is 2. The second kappa shape index (κ2) is 14.5. The van der Waals surface area contributed by atoms with Gasteiger partial charge in [-0.15, -0.1) is 0 Å². The van der Waals surface area contributed by atoms with Crippen molar-refractivity contribution < 1.29 is 37.9 Å². The van der Waals surface area contributed by atoms with Gasteiger partial charge in [0.1, 0.15) is 29.7 Å². The number of rotatable bonds is 13. The summed E-state index contributed by atoms with van der Waals surface area (Å²) in [6, 6.07) is -2.96. The number of likely N-dealkylation sites (N-methyl/N-ethyl adjacent to an activating group) is 1. The van der Waals surface area contributed by atoms with Crippen LogP contribution >= 0.6 is 0 Å². The van der Waals surface area contributed by atoms with Gasteiger partial charge in [-0.1, -0.05) is 0 Å². The SMILES string of the molecule is CN[C@@H]1[C@@H](O)[C@@H](O[C@H]2[C@H](NS(=O)(=O)CCN)C[C@H](N)C([C@H]3OC(CNCCCN)=CC[C@H]3N)[C@@H]2O)OC[C@]1(C)O. The standard InChI is InChI=1S/C24H49N7O8S/c1-24(34)12-37-23(19(33)22(24)29-2)39-21-16(31-40(35,36)9-7-26)10-15(28)17(18(21)32)20-14(27)5-4-13(38-20)11-30-8-3-6-25/h4,14-23,29-34H,3,5-12,25-28H2,1-2H3/t14-,15+,16-,17?,18+,19-,20+,21+,22-,23-,24+/m1/s1. The third-order valence-corrected chi connectivity index (χ3v) is 9.30. The first-order chi connectivity index (χ1) is 18.8. The number of ether oxygens (including phenoxy) is 3. The van der Waals surface area contributed by atoms with Crippen LogP contribution in [0.15, 0.2) is 11.8 Å². The lowest BCUT2D eigenvalue weighted by Gasteiger charge is -2.50. The molecule has 0 aromatic heterocycles. The first kappa shape index (κ1) is 33.5. The van der Waals surface area contributed by atoms with Gasteiger partial charge in [0, 0.05) is 24.5 Å². The van der Waals surface area contributed by atoms with Crippen LogP contribution in [0.5, 0.6) is 0 Å². The Bertz CT molecular complexity index is 942. The van der Waals surface area contributed by atoms with Crippen LogP contribution in [0.25, 0.3) is 0 Å². The summed E-state index contributed by atoms with van der Waals surface area (Å²) in [5, 5.41) is 39.4. The van der Waals surface area contributed by atoms with E-state index in [-0.39, 0.29) is 25.3 Å². The van der Waals surface area contributed by atoms with Crippen molar-refractivity contribution in [2.75, 3.05) is 45.6 Å². The Morgan fingerprint density at radius 1 is 1.18 bits per heavy atom. The molecule has 2 fully saturated rings. The Morgan fingerprint density at radius 3 is 2.55 bits per heavy atom. The van der Waals surface area contributed by atoms with Gasteiger partial charge in [-0.2, -0.15) is 0 Å². The summed E-state index contributed by atoms with van der Waals surface area (Å²) < 4.78 is 45.9. The highest BCUT2D eigenvalue weighted by molar-refractivity contribution is 7.89. The highest BCUT2D eigenvalue weighted by Crippen LogP contribution is 2.36. The second-order valence-corrected chi connectivity index (χ2v) is 13.0. The summed E-state index contributed by atoms with van der Waals surface area (Å²) in [5.41, 5.74) is 22.6. The van der Waals surface area contributed by atoms with E-state index in [2.05, 4.69) is 15.4 Å². The first-order valence-corrected chi connectivity index (χ1v) is 15.5. The van der Waals surface area contributed by atoms with Gasteiger partial charge in [0.05, 0.1) is 37.1 Å². The van der Waals surface area contributed by atoms with E-state index in [9.17, 15) is 23.7 Å². The lowest BCUT2D eigenvalue weighted by molar-refractivity contribution is -0.297. The van der Waals surface area contributed by atoms with Gasteiger partial charge in [0.2, 0.25) is 10.0 Å². The van der Waals surface area contributed by atoms with E-state index < -0.39 is 76.4 Å². The summed E-state index contributed by atoms with van der Waals surface area (Å²) in [7, 11) is -2.26. The molecule has 0 aromatic carbocycles. The van der Waals surface area contributed by atoms with E-state index in [0.717, 1.165) is 6.42 Å². The third-order valence-electron chi connectivity index (χ3n) is 7.86. The molecule has 3 rings (SSSR count). The van der Waals surface area contributed by atoms with Gasteiger partial charge in [0.25, 0.3) is 0 Å². The molecule has 0 aromatic rings. The van der Waals surface area contributed by atoms with Crippen LogP contribution in [0.4, 0.5) is 0 Å². The lowest BCUT2D eigenvalue weighted by Crippen LogP contribution is -2.69. The molecule has 40 heavy (non-hydrogen) atoms. The summed E-state index contributed by atoms with van der Waals surface area (Å²) in [4.78, 5) is 0. The van der Waals surface area contributed by atoms with E-state index >= 15 is 0 Å². The Morgan fingerprint density at radius 2 is 1.90 bits per heavy atom. The molecular weight excluding hydrogens is 546 g/mol.